The van der Waals surface area contributed by atoms with E-state index in [1.807, 2.05) is 18.2 Å². The predicted octanol–water partition coefficient (Wildman–Crippen LogP) is 4.10. The quantitative estimate of drug-likeness (QED) is 0.570. The van der Waals surface area contributed by atoms with Crippen LogP contribution >= 0.6 is 0 Å². The van der Waals surface area contributed by atoms with Gasteiger partial charge in [-0.2, -0.15) is 0 Å². The van der Waals surface area contributed by atoms with E-state index in [2.05, 4.69) is 55.1 Å². The molecule has 1 aliphatic rings. The van der Waals surface area contributed by atoms with Gasteiger partial charge >= 0.3 is 0 Å². The average Bonchev–Trinajstić information content (AvgIpc) is 3.25. The van der Waals surface area contributed by atoms with Gasteiger partial charge in [0.05, 0.1) is 11.8 Å². The zero-order chi connectivity index (χ0) is 13.1. The zero-order valence-corrected chi connectivity index (χ0v) is 10.9. The highest BCUT2D eigenvalue weighted by Gasteiger charge is 2.34. The lowest BCUT2D eigenvalue weighted by atomic mass is 10.0. The van der Waals surface area contributed by atoms with Gasteiger partial charge in [-0.15, -0.1) is 6.58 Å². The van der Waals surface area contributed by atoms with Crippen LogP contribution in [0.3, 0.4) is 0 Å². The van der Waals surface area contributed by atoms with Crippen LogP contribution in [0.2, 0.25) is 0 Å². The molecule has 0 amide bonds. The van der Waals surface area contributed by atoms with Crippen molar-refractivity contribution in [2.24, 2.45) is 10.9 Å². The Balaban J connectivity index is 2.00. The van der Waals surface area contributed by atoms with Crippen LogP contribution in [0.15, 0.2) is 78.3 Å². The third kappa shape index (κ3) is 2.65. The highest BCUT2D eigenvalue weighted by atomic mass is 14.9. The van der Waals surface area contributed by atoms with Crippen molar-refractivity contribution >= 4 is 5.71 Å². The van der Waals surface area contributed by atoms with Crippen molar-refractivity contribution in [2.45, 2.75) is 12.5 Å². The fraction of sp³-hybridized carbons (Fsp3) is 0.167. The van der Waals surface area contributed by atoms with Crippen LogP contribution in [0.5, 0.6) is 0 Å². The van der Waals surface area contributed by atoms with Gasteiger partial charge < -0.3 is 0 Å². The summed E-state index contributed by atoms with van der Waals surface area (Å²) >= 11 is 0. The Morgan fingerprint density at radius 1 is 0.947 bits per heavy atom. The minimum absolute atomic E-state index is 0.410. The minimum Gasteiger partial charge on any atom is -0.280 e. The highest BCUT2D eigenvalue weighted by molar-refractivity contribution is 6.13. The number of benzene rings is 2. The Bertz CT molecular complexity index is 542. The lowest BCUT2D eigenvalue weighted by molar-refractivity contribution is 0.978. The Hall–Kier alpha value is -2.15. The van der Waals surface area contributed by atoms with Crippen LogP contribution in [-0.2, 0) is 0 Å². The number of aliphatic imine (C=N–C) groups is 1. The summed E-state index contributed by atoms with van der Waals surface area (Å²) in [5, 5.41) is 0. The number of hydrogen-bond acceptors (Lipinski definition) is 1. The van der Waals surface area contributed by atoms with E-state index in [1.54, 1.807) is 0 Å². The smallest absolute Gasteiger partial charge is 0.0722 e. The van der Waals surface area contributed by atoms with Crippen molar-refractivity contribution in [1.82, 2.24) is 0 Å². The molecule has 1 aliphatic carbocycles. The van der Waals surface area contributed by atoms with Gasteiger partial charge in [-0.25, -0.2) is 0 Å². The molecule has 2 aromatic carbocycles. The zero-order valence-electron chi connectivity index (χ0n) is 10.9. The maximum Gasteiger partial charge on any atom is 0.0722 e. The van der Waals surface area contributed by atoms with Crippen molar-refractivity contribution < 1.29 is 0 Å². The van der Waals surface area contributed by atoms with E-state index in [-0.39, 0.29) is 0 Å². The fourth-order valence-electron chi connectivity index (χ4n) is 2.28. The Kier molecular flexibility index (Phi) is 3.28. The predicted molar refractivity (Wildman–Crippen MR) is 80.6 cm³/mol. The van der Waals surface area contributed by atoms with Gasteiger partial charge in [0.2, 0.25) is 0 Å². The summed E-state index contributed by atoms with van der Waals surface area (Å²) < 4.78 is 0. The Morgan fingerprint density at radius 2 is 1.47 bits per heavy atom. The van der Waals surface area contributed by atoms with Crippen LogP contribution in [0.4, 0.5) is 0 Å². The van der Waals surface area contributed by atoms with E-state index in [9.17, 15) is 0 Å². The van der Waals surface area contributed by atoms with E-state index >= 15 is 0 Å². The second-order valence-corrected chi connectivity index (χ2v) is 4.91. The Labute approximate surface area is 114 Å². The molecule has 2 atom stereocenters. The molecule has 0 aliphatic heterocycles. The molecule has 2 unspecified atom stereocenters. The molecule has 0 bridgehead atoms. The van der Waals surface area contributed by atoms with E-state index in [0.29, 0.717) is 12.0 Å². The molecule has 1 saturated carbocycles. The number of nitrogens with zero attached hydrogens (tertiary/aromatic N) is 1. The van der Waals surface area contributed by atoms with Crippen molar-refractivity contribution in [3.63, 3.8) is 0 Å². The summed E-state index contributed by atoms with van der Waals surface area (Å²) in [6.07, 6.45) is 3.15. The molecular weight excluding hydrogens is 230 g/mol. The standard InChI is InChI=1S/C18H17N/c1-2-14-13-17(14)19-18(15-9-5-3-6-10-15)16-11-7-4-8-12-16/h2-12,14,17H,1,13H2. The van der Waals surface area contributed by atoms with Crippen LogP contribution in [-0.4, -0.2) is 11.8 Å². The molecule has 94 valence electrons. The van der Waals surface area contributed by atoms with E-state index in [0.717, 1.165) is 12.1 Å². The van der Waals surface area contributed by atoms with Gasteiger partial charge in [0, 0.05) is 17.0 Å². The Morgan fingerprint density at radius 3 is 1.89 bits per heavy atom. The highest BCUT2D eigenvalue weighted by Crippen LogP contribution is 2.35. The van der Waals surface area contributed by atoms with Crippen molar-refractivity contribution in [1.29, 1.82) is 0 Å². The molecule has 0 radical (unpaired) electrons. The number of hydrogen-bond donors (Lipinski definition) is 0. The molecular formula is C18H17N. The first-order chi connectivity index (χ1) is 9.38. The molecule has 3 rings (SSSR count). The van der Waals surface area contributed by atoms with Gasteiger partial charge in [0.15, 0.2) is 0 Å². The van der Waals surface area contributed by atoms with Gasteiger partial charge in [-0.1, -0.05) is 66.7 Å². The molecule has 0 saturated heterocycles. The molecule has 0 heterocycles. The summed E-state index contributed by atoms with van der Waals surface area (Å²) in [5.41, 5.74) is 3.46. The number of rotatable bonds is 4. The maximum atomic E-state index is 4.93. The first-order valence-electron chi connectivity index (χ1n) is 6.69. The minimum atomic E-state index is 0.410. The molecule has 1 fully saturated rings. The molecule has 2 aromatic rings. The van der Waals surface area contributed by atoms with Gasteiger partial charge in [-0.3, -0.25) is 4.99 Å². The van der Waals surface area contributed by atoms with E-state index in [1.165, 1.54) is 11.1 Å². The second-order valence-electron chi connectivity index (χ2n) is 4.91. The third-order valence-electron chi connectivity index (χ3n) is 3.50. The lowest BCUT2D eigenvalue weighted by Crippen LogP contribution is -2.05. The van der Waals surface area contributed by atoms with Crippen LogP contribution in [0.25, 0.3) is 0 Å². The largest absolute Gasteiger partial charge is 0.280 e. The fourth-order valence-corrected chi connectivity index (χ4v) is 2.28. The molecule has 0 spiro atoms. The van der Waals surface area contributed by atoms with E-state index in [4.69, 9.17) is 4.99 Å². The average molecular weight is 247 g/mol. The monoisotopic (exact) mass is 247 g/mol. The first kappa shape index (κ1) is 11.9. The molecule has 0 N–H and O–H groups in total. The first-order valence-corrected chi connectivity index (χ1v) is 6.69. The molecule has 19 heavy (non-hydrogen) atoms. The van der Waals surface area contributed by atoms with Gasteiger partial charge in [0.1, 0.15) is 0 Å². The van der Waals surface area contributed by atoms with Gasteiger partial charge in [0.25, 0.3) is 0 Å². The van der Waals surface area contributed by atoms with Gasteiger partial charge in [-0.05, 0) is 6.42 Å². The summed E-state index contributed by atoms with van der Waals surface area (Å²) in [6.45, 7) is 3.86. The summed E-state index contributed by atoms with van der Waals surface area (Å²) in [4.78, 5) is 4.93. The van der Waals surface area contributed by atoms with Crippen LogP contribution in [0, 0.1) is 5.92 Å². The van der Waals surface area contributed by atoms with Crippen molar-refractivity contribution in [2.75, 3.05) is 0 Å². The van der Waals surface area contributed by atoms with Crippen molar-refractivity contribution in [3.05, 3.63) is 84.4 Å². The topological polar surface area (TPSA) is 12.4 Å². The van der Waals surface area contributed by atoms with Crippen LogP contribution in [0.1, 0.15) is 17.5 Å². The summed E-state index contributed by atoms with van der Waals surface area (Å²) in [5.74, 6) is 0.558. The summed E-state index contributed by atoms with van der Waals surface area (Å²) in [6, 6.07) is 21.2. The second kappa shape index (κ2) is 5.23. The molecule has 1 nitrogen and oxygen atoms in total. The lowest BCUT2D eigenvalue weighted by Gasteiger charge is -2.07. The molecule has 1 heteroatoms. The van der Waals surface area contributed by atoms with E-state index < -0.39 is 0 Å². The maximum absolute atomic E-state index is 4.93. The molecule has 0 aromatic heterocycles. The summed E-state index contributed by atoms with van der Waals surface area (Å²) in [7, 11) is 0. The van der Waals surface area contributed by atoms with Crippen molar-refractivity contribution in [3.8, 4) is 0 Å². The normalized spacial score (nSPS) is 20.6. The third-order valence-corrected chi connectivity index (χ3v) is 3.50. The SMILES string of the molecule is C=CC1CC1N=C(c1ccccc1)c1ccccc1. The van der Waals surface area contributed by atoms with Crippen LogP contribution < -0.4 is 0 Å².